The van der Waals surface area contributed by atoms with Crippen LogP contribution in [-0.4, -0.2) is 19.1 Å². The molecule has 1 aliphatic rings. The quantitative estimate of drug-likeness (QED) is 0.775. The molecule has 13 heavy (non-hydrogen) atoms. The van der Waals surface area contributed by atoms with Gasteiger partial charge in [-0.25, -0.2) is 0 Å². The fourth-order valence-electron chi connectivity index (χ4n) is 1.70. The van der Waals surface area contributed by atoms with Gasteiger partial charge in [0, 0.05) is 23.7 Å². The van der Waals surface area contributed by atoms with Gasteiger partial charge in [0.25, 0.3) is 0 Å². The SMILES string of the molecule is c1cc(NCC2CCCCN2)cs1. The Morgan fingerprint density at radius 3 is 3.23 bits per heavy atom. The number of piperidine rings is 1. The third-order valence-electron chi connectivity index (χ3n) is 2.49. The molecule has 0 bridgehead atoms. The van der Waals surface area contributed by atoms with Gasteiger partial charge in [0.2, 0.25) is 0 Å². The summed E-state index contributed by atoms with van der Waals surface area (Å²) in [5.74, 6) is 0. The van der Waals surface area contributed by atoms with E-state index in [0.717, 1.165) is 6.54 Å². The molecule has 1 atom stereocenters. The molecule has 1 aromatic rings. The number of anilines is 1. The van der Waals surface area contributed by atoms with Gasteiger partial charge in [0.15, 0.2) is 0 Å². The highest BCUT2D eigenvalue weighted by atomic mass is 32.1. The lowest BCUT2D eigenvalue weighted by molar-refractivity contribution is 0.414. The van der Waals surface area contributed by atoms with Crippen LogP contribution >= 0.6 is 11.3 Å². The van der Waals surface area contributed by atoms with E-state index >= 15 is 0 Å². The Bertz CT molecular complexity index is 227. The smallest absolute Gasteiger partial charge is 0.0449 e. The molecule has 1 unspecified atom stereocenters. The Morgan fingerprint density at radius 2 is 2.54 bits per heavy atom. The van der Waals surface area contributed by atoms with Crippen LogP contribution in [0.25, 0.3) is 0 Å². The van der Waals surface area contributed by atoms with Gasteiger partial charge in [-0.1, -0.05) is 6.42 Å². The predicted octanol–water partition coefficient (Wildman–Crippen LogP) is 2.30. The molecule has 0 aromatic carbocycles. The highest BCUT2D eigenvalue weighted by Crippen LogP contribution is 2.13. The summed E-state index contributed by atoms with van der Waals surface area (Å²) in [4.78, 5) is 0. The maximum atomic E-state index is 3.52. The number of hydrogen-bond donors (Lipinski definition) is 2. The zero-order chi connectivity index (χ0) is 8.93. The number of thiophene rings is 1. The summed E-state index contributed by atoms with van der Waals surface area (Å²) in [5, 5.41) is 11.2. The number of nitrogens with one attached hydrogen (secondary N) is 2. The van der Waals surface area contributed by atoms with Crippen molar-refractivity contribution in [1.29, 1.82) is 0 Å². The van der Waals surface area contributed by atoms with Crippen molar-refractivity contribution in [2.24, 2.45) is 0 Å². The molecule has 0 amide bonds. The van der Waals surface area contributed by atoms with Gasteiger partial charge >= 0.3 is 0 Å². The summed E-state index contributed by atoms with van der Waals surface area (Å²) in [6.07, 6.45) is 4.04. The molecule has 0 aliphatic carbocycles. The summed E-state index contributed by atoms with van der Waals surface area (Å²) >= 11 is 1.74. The van der Waals surface area contributed by atoms with Crippen molar-refractivity contribution in [3.05, 3.63) is 16.8 Å². The molecule has 2 rings (SSSR count). The average molecular weight is 196 g/mol. The molecule has 2 heterocycles. The lowest BCUT2D eigenvalue weighted by atomic mass is 10.1. The van der Waals surface area contributed by atoms with Crippen LogP contribution in [0.5, 0.6) is 0 Å². The van der Waals surface area contributed by atoms with Crippen LogP contribution in [0.3, 0.4) is 0 Å². The van der Waals surface area contributed by atoms with E-state index in [0.29, 0.717) is 6.04 Å². The molecule has 1 saturated heterocycles. The third kappa shape index (κ3) is 2.71. The van der Waals surface area contributed by atoms with E-state index < -0.39 is 0 Å². The summed E-state index contributed by atoms with van der Waals surface area (Å²) < 4.78 is 0. The minimum Gasteiger partial charge on any atom is -0.383 e. The second kappa shape index (κ2) is 4.63. The first kappa shape index (κ1) is 9.03. The van der Waals surface area contributed by atoms with Gasteiger partial charge < -0.3 is 10.6 Å². The number of hydrogen-bond acceptors (Lipinski definition) is 3. The van der Waals surface area contributed by atoms with Gasteiger partial charge in [-0.05, 0) is 30.8 Å². The molecule has 0 saturated carbocycles. The Morgan fingerprint density at radius 1 is 1.54 bits per heavy atom. The molecule has 72 valence electrons. The summed E-state index contributed by atoms with van der Waals surface area (Å²) in [6.45, 7) is 2.26. The second-order valence-electron chi connectivity index (χ2n) is 3.54. The molecular weight excluding hydrogens is 180 g/mol. The van der Waals surface area contributed by atoms with E-state index in [2.05, 4.69) is 27.5 Å². The third-order valence-corrected chi connectivity index (χ3v) is 3.17. The molecule has 1 aliphatic heterocycles. The highest BCUT2D eigenvalue weighted by Gasteiger charge is 2.11. The van der Waals surface area contributed by atoms with Crippen molar-refractivity contribution < 1.29 is 0 Å². The molecule has 1 aromatic heterocycles. The maximum Gasteiger partial charge on any atom is 0.0449 e. The minimum atomic E-state index is 0.675. The van der Waals surface area contributed by atoms with Gasteiger partial charge in [-0.3, -0.25) is 0 Å². The van der Waals surface area contributed by atoms with Crippen molar-refractivity contribution >= 4 is 17.0 Å². The number of rotatable bonds is 3. The van der Waals surface area contributed by atoms with Crippen molar-refractivity contribution in [1.82, 2.24) is 5.32 Å². The molecule has 0 radical (unpaired) electrons. The van der Waals surface area contributed by atoms with Crippen molar-refractivity contribution in [2.45, 2.75) is 25.3 Å². The lowest BCUT2D eigenvalue weighted by Gasteiger charge is -2.23. The van der Waals surface area contributed by atoms with Crippen molar-refractivity contribution in [3.63, 3.8) is 0 Å². The zero-order valence-corrected chi connectivity index (χ0v) is 8.57. The van der Waals surface area contributed by atoms with Gasteiger partial charge in [0.05, 0.1) is 0 Å². The first-order valence-corrected chi connectivity index (χ1v) is 5.89. The summed E-state index contributed by atoms with van der Waals surface area (Å²) in [6, 6.07) is 2.81. The van der Waals surface area contributed by atoms with Crippen LogP contribution in [0.15, 0.2) is 16.8 Å². The van der Waals surface area contributed by atoms with E-state index in [-0.39, 0.29) is 0 Å². The first-order valence-electron chi connectivity index (χ1n) is 4.94. The van der Waals surface area contributed by atoms with Gasteiger partial charge in [0.1, 0.15) is 0 Å². The van der Waals surface area contributed by atoms with Crippen LogP contribution in [0, 0.1) is 0 Å². The predicted molar refractivity (Wildman–Crippen MR) is 58.5 cm³/mol. The molecule has 0 spiro atoms. The Hall–Kier alpha value is -0.540. The molecule has 3 heteroatoms. The largest absolute Gasteiger partial charge is 0.383 e. The standard InChI is InChI=1S/C10H16N2S/c1-2-5-11-9(3-1)7-12-10-4-6-13-8-10/h4,6,8-9,11-12H,1-3,5,7H2. The molecule has 2 nitrogen and oxygen atoms in total. The lowest BCUT2D eigenvalue weighted by Crippen LogP contribution is -2.39. The first-order chi connectivity index (χ1) is 6.45. The summed E-state index contributed by atoms with van der Waals surface area (Å²) in [5.41, 5.74) is 1.26. The maximum absolute atomic E-state index is 3.52. The Kier molecular flexibility index (Phi) is 3.22. The second-order valence-corrected chi connectivity index (χ2v) is 4.32. The van der Waals surface area contributed by atoms with Crippen molar-refractivity contribution in [3.8, 4) is 0 Å². The van der Waals surface area contributed by atoms with Crippen molar-refractivity contribution in [2.75, 3.05) is 18.4 Å². The summed E-state index contributed by atoms with van der Waals surface area (Å²) in [7, 11) is 0. The van der Waals surface area contributed by atoms with Crippen LogP contribution < -0.4 is 10.6 Å². The van der Waals surface area contributed by atoms with Crippen LogP contribution in [0.1, 0.15) is 19.3 Å². The molecular formula is C10H16N2S. The van der Waals surface area contributed by atoms with E-state index in [1.807, 2.05) is 0 Å². The average Bonchev–Trinajstić information content (AvgIpc) is 2.69. The normalized spacial score (nSPS) is 22.9. The Balaban J connectivity index is 1.72. The van der Waals surface area contributed by atoms with Crippen LogP contribution in [0.4, 0.5) is 5.69 Å². The monoisotopic (exact) mass is 196 g/mol. The van der Waals surface area contributed by atoms with E-state index in [9.17, 15) is 0 Å². The minimum absolute atomic E-state index is 0.675. The van der Waals surface area contributed by atoms with Crippen LogP contribution in [-0.2, 0) is 0 Å². The fourth-order valence-corrected chi connectivity index (χ4v) is 2.32. The van der Waals surface area contributed by atoms with Gasteiger partial charge in [-0.2, -0.15) is 11.3 Å². The molecule has 2 N–H and O–H groups in total. The fraction of sp³-hybridized carbons (Fsp3) is 0.600. The van der Waals surface area contributed by atoms with E-state index in [1.165, 1.54) is 31.5 Å². The topological polar surface area (TPSA) is 24.1 Å². The zero-order valence-electron chi connectivity index (χ0n) is 7.75. The molecule has 1 fully saturated rings. The van der Waals surface area contributed by atoms with E-state index in [4.69, 9.17) is 0 Å². The Labute approximate surface area is 83.4 Å². The van der Waals surface area contributed by atoms with Crippen LogP contribution in [0.2, 0.25) is 0 Å². The highest BCUT2D eigenvalue weighted by molar-refractivity contribution is 7.08. The van der Waals surface area contributed by atoms with E-state index in [1.54, 1.807) is 11.3 Å². The van der Waals surface area contributed by atoms with Gasteiger partial charge in [-0.15, -0.1) is 0 Å².